The Balaban J connectivity index is 2.12. The molecule has 5 N–H and O–H groups in total. The summed E-state index contributed by atoms with van der Waals surface area (Å²) in [5.74, 6) is -0.759. The molecule has 1 aliphatic rings. The van der Waals surface area contributed by atoms with Crippen LogP contribution in [0.1, 0.15) is 23.6 Å². The summed E-state index contributed by atoms with van der Waals surface area (Å²) in [5, 5.41) is 29.7. The Labute approximate surface area is 124 Å². The number of aromatic nitrogens is 4. The highest BCUT2D eigenvalue weighted by atomic mass is 16.6. The van der Waals surface area contributed by atoms with Crippen LogP contribution in [0.4, 0.5) is 0 Å². The predicted molar refractivity (Wildman–Crippen MR) is 71.5 cm³/mol. The van der Waals surface area contributed by atoms with Crippen LogP contribution in [0.25, 0.3) is 11.2 Å². The van der Waals surface area contributed by atoms with Crippen molar-refractivity contribution in [3.63, 3.8) is 0 Å². The first-order chi connectivity index (χ1) is 10.4. The van der Waals surface area contributed by atoms with E-state index in [1.54, 1.807) is 0 Å². The van der Waals surface area contributed by atoms with Gasteiger partial charge in [0, 0.05) is 0 Å². The lowest BCUT2D eigenvalue weighted by molar-refractivity contribution is -0.0950. The standard InChI is InChI=1S/C12H15N5O5/c1-12(21)8(19)5(2-18)22-11(12)17-4-16-7-6(9(13)20)14-3-15-10(7)17/h3-5,8,11,18-19,21H,2H2,1H3,(H2,13,20)/t5?,8-,11?,12?/m1/s1. The molecule has 4 atom stereocenters. The first kappa shape index (κ1) is 14.8. The molecule has 3 unspecified atom stereocenters. The van der Waals surface area contributed by atoms with E-state index in [0.717, 1.165) is 6.33 Å². The second-order valence-electron chi connectivity index (χ2n) is 5.29. The number of nitrogens with zero attached hydrogens (tertiary/aromatic N) is 4. The maximum atomic E-state index is 11.4. The summed E-state index contributed by atoms with van der Waals surface area (Å²) in [4.78, 5) is 23.2. The van der Waals surface area contributed by atoms with Gasteiger partial charge in [-0.3, -0.25) is 9.36 Å². The van der Waals surface area contributed by atoms with E-state index in [1.165, 1.54) is 17.8 Å². The monoisotopic (exact) mass is 309 g/mol. The third-order valence-corrected chi connectivity index (χ3v) is 3.78. The van der Waals surface area contributed by atoms with Gasteiger partial charge in [-0.05, 0) is 6.92 Å². The minimum atomic E-state index is -1.68. The van der Waals surface area contributed by atoms with Gasteiger partial charge < -0.3 is 25.8 Å². The van der Waals surface area contributed by atoms with Crippen LogP contribution >= 0.6 is 0 Å². The van der Waals surface area contributed by atoms with Crippen molar-refractivity contribution in [3.05, 3.63) is 18.3 Å². The summed E-state index contributed by atoms with van der Waals surface area (Å²) in [6, 6.07) is 0. The van der Waals surface area contributed by atoms with Crippen LogP contribution in [0.3, 0.4) is 0 Å². The molecule has 0 spiro atoms. The molecule has 0 radical (unpaired) electrons. The summed E-state index contributed by atoms with van der Waals surface area (Å²) >= 11 is 0. The average molecular weight is 309 g/mol. The first-order valence-electron chi connectivity index (χ1n) is 6.52. The fourth-order valence-electron chi connectivity index (χ4n) is 2.59. The van der Waals surface area contributed by atoms with E-state index in [1.807, 2.05) is 0 Å². The molecule has 10 heteroatoms. The van der Waals surface area contributed by atoms with E-state index in [9.17, 15) is 20.1 Å². The van der Waals surface area contributed by atoms with Gasteiger partial charge in [0.15, 0.2) is 17.6 Å². The summed E-state index contributed by atoms with van der Waals surface area (Å²) in [6.45, 7) is 0.919. The zero-order valence-corrected chi connectivity index (χ0v) is 11.6. The van der Waals surface area contributed by atoms with Gasteiger partial charge in [0.25, 0.3) is 5.91 Å². The van der Waals surface area contributed by atoms with E-state index in [-0.39, 0.29) is 16.9 Å². The number of fused-ring (bicyclic) bond motifs is 1. The van der Waals surface area contributed by atoms with Gasteiger partial charge in [-0.2, -0.15) is 0 Å². The Morgan fingerprint density at radius 2 is 2.23 bits per heavy atom. The molecule has 1 saturated heterocycles. The molecule has 0 aliphatic carbocycles. The summed E-state index contributed by atoms with van der Waals surface area (Å²) in [5.41, 5.74) is 3.88. The van der Waals surface area contributed by atoms with E-state index in [4.69, 9.17) is 10.5 Å². The molecule has 1 aliphatic heterocycles. The third-order valence-electron chi connectivity index (χ3n) is 3.78. The third kappa shape index (κ3) is 1.96. The highest BCUT2D eigenvalue weighted by Crippen LogP contribution is 2.39. The van der Waals surface area contributed by atoms with Crippen molar-refractivity contribution in [2.45, 2.75) is 31.0 Å². The fourth-order valence-corrected chi connectivity index (χ4v) is 2.59. The highest BCUT2D eigenvalue weighted by molar-refractivity contribution is 6.01. The van der Waals surface area contributed by atoms with Gasteiger partial charge in [-0.15, -0.1) is 0 Å². The number of nitrogens with two attached hydrogens (primary N) is 1. The molecule has 0 saturated carbocycles. The quantitative estimate of drug-likeness (QED) is 0.503. The molecular weight excluding hydrogens is 294 g/mol. The average Bonchev–Trinajstić information content (AvgIpc) is 2.99. The molecule has 2 aromatic heterocycles. The minimum absolute atomic E-state index is 0.0550. The lowest BCUT2D eigenvalue weighted by atomic mass is 9.96. The second-order valence-corrected chi connectivity index (χ2v) is 5.29. The number of imidazole rings is 1. The van der Waals surface area contributed by atoms with Crippen LogP contribution in [0.5, 0.6) is 0 Å². The van der Waals surface area contributed by atoms with E-state index >= 15 is 0 Å². The van der Waals surface area contributed by atoms with Crippen molar-refractivity contribution in [2.24, 2.45) is 5.73 Å². The largest absolute Gasteiger partial charge is 0.394 e. The lowest BCUT2D eigenvalue weighted by Gasteiger charge is -2.27. The minimum Gasteiger partial charge on any atom is -0.394 e. The maximum absolute atomic E-state index is 11.4. The molecular formula is C12H15N5O5. The van der Waals surface area contributed by atoms with Gasteiger partial charge >= 0.3 is 0 Å². The number of carbonyl (C=O) groups excluding carboxylic acids is 1. The Morgan fingerprint density at radius 1 is 1.50 bits per heavy atom. The van der Waals surface area contributed by atoms with Crippen LogP contribution in [0.15, 0.2) is 12.7 Å². The van der Waals surface area contributed by atoms with Crippen molar-refractivity contribution < 1.29 is 24.9 Å². The molecule has 0 aromatic carbocycles. The lowest BCUT2D eigenvalue weighted by Crippen LogP contribution is -2.44. The van der Waals surface area contributed by atoms with Crippen LogP contribution in [0.2, 0.25) is 0 Å². The highest BCUT2D eigenvalue weighted by Gasteiger charge is 2.53. The number of hydrogen-bond donors (Lipinski definition) is 4. The van der Waals surface area contributed by atoms with E-state index in [0.29, 0.717) is 0 Å². The number of primary amides is 1. The van der Waals surface area contributed by atoms with Crippen LogP contribution < -0.4 is 5.73 Å². The molecule has 118 valence electrons. The molecule has 2 aromatic rings. The maximum Gasteiger partial charge on any atom is 0.269 e. The topological polar surface area (TPSA) is 157 Å². The number of ether oxygens (including phenoxy) is 1. The van der Waals surface area contributed by atoms with Gasteiger partial charge in [-0.1, -0.05) is 0 Å². The SMILES string of the molecule is CC1(O)C(n2cnc3c(C(N)=O)ncnc32)OC(CO)[C@H]1O. The number of amides is 1. The number of rotatable bonds is 3. The summed E-state index contributed by atoms with van der Waals surface area (Å²) in [6.07, 6.45) is -0.839. The van der Waals surface area contributed by atoms with Crippen molar-refractivity contribution in [2.75, 3.05) is 6.61 Å². The Bertz CT molecular complexity index is 730. The zero-order valence-electron chi connectivity index (χ0n) is 11.6. The van der Waals surface area contributed by atoms with Gasteiger partial charge in [0.1, 0.15) is 29.7 Å². The second kappa shape index (κ2) is 4.95. The zero-order chi connectivity index (χ0) is 16.1. The molecule has 1 fully saturated rings. The number of aliphatic hydroxyl groups excluding tert-OH is 2. The van der Waals surface area contributed by atoms with Crippen LogP contribution in [0, 0.1) is 0 Å². The number of hydrogen-bond acceptors (Lipinski definition) is 8. The molecule has 3 rings (SSSR count). The molecule has 1 amide bonds. The van der Waals surface area contributed by atoms with Gasteiger partial charge in [-0.25, -0.2) is 15.0 Å². The van der Waals surface area contributed by atoms with Crippen LogP contribution in [-0.4, -0.2) is 65.2 Å². The molecule has 10 nitrogen and oxygen atoms in total. The predicted octanol–water partition coefficient (Wildman–Crippen LogP) is -2.07. The van der Waals surface area contributed by atoms with Crippen molar-refractivity contribution >= 4 is 17.1 Å². The van der Waals surface area contributed by atoms with Crippen LogP contribution in [-0.2, 0) is 4.74 Å². The number of carbonyl (C=O) groups is 1. The van der Waals surface area contributed by atoms with Gasteiger partial charge in [0.2, 0.25) is 0 Å². The van der Waals surface area contributed by atoms with Crippen molar-refractivity contribution in [1.82, 2.24) is 19.5 Å². The summed E-state index contributed by atoms with van der Waals surface area (Å²) in [7, 11) is 0. The molecule has 0 bridgehead atoms. The van der Waals surface area contributed by atoms with E-state index in [2.05, 4.69) is 15.0 Å². The van der Waals surface area contributed by atoms with E-state index < -0.39 is 36.6 Å². The van der Waals surface area contributed by atoms with Gasteiger partial charge in [0.05, 0.1) is 12.9 Å². The summed E-state index contributed by atoms with van der Waals surface area (Å²) < 4.78 is 6.85. The van der Waals surface area contributed by atoms with Crippen molar-refractivity contribution in [1.29, 1.82) is 0 Å². The Morgan fingerprint density at radius 3 is 2.82 bits per heavy atom. The Kier molecular flexibility index (Phi) is 3.33. The first-order valence-corrected chi connectivity index (χ1v) is 6.52. The Hall–Kier alpha value is -2.14. The molecule has 22 heavy (non-hydrogen) atoms. The number of aliphatic hydroxyl groups is 3. The fraction of sp³-hybridized carbons (Fsp3) is 0.500. The smallest absolute Gasteiger partial charge is 0.269 e. The molecule has 3 heterocycles. The normalized spacial score (nSPS) is 31.7. The van der Waals surface area contributed by atoms with Crippen molar-refractivity contribution in [3.8, 4) is 0 Å².